The highest BCUT2D eigenvalue weighted by molar-refractivity contribution is 5.14. The normalized spacial score (nSPS) is 25.8. The number of benzene rings is 2. The first-order valence-electron chi connectivity index (χ1n) is 10.3. The van der Waals surface area contributed by atoms with Crippen molar-refractivity contribution in [2.24, 2.45) is 11.8 Å². The molecule has 2 aromatic carbocycles. The third kappa shape index (κ3) is 6.71. The minimum atomic E-state index is 0.311. The zero-order valence-electron chi connectivity index (χ0n) is 16.5. The van der Waals surface area contributed by atoms with Gasteiger partial charge in [-0.05, 0) is 48.6 Å². The number of aliphatic hydroxyl groups excluding tert-OH is 2. The third-order valence-electron chi connectivity index (χ3n) is 5.56. The summed E-state index contributed by atoms with van der Waals surface area (Å²) in [5.41, 5.74) is 2.44. The van der Waals surface area contributed by atoms with Crippen LogP contribution < -0.4 is 0 Å². The van der Waals surface area contributed by atoms with Crippen molar-refractivity contribution in [2.45, 2.75) is 51.1 Å². The maximum absolute atomic E-state index is 8.83. The van der Waals surface area contributed by atoms with Crippen molar-refractivity contribution in [2.75, 3.05) is 13.2 Å². The molecule has 2 fully saturated rings. The van der Waals surface area contributed by atoms with Gasteiger partial charge in [0.15, 0.2) is 0 Å². The minimum absolute atomic E-state index is 0.311. The molecule has 2 aliphatic rings. The van der Waals surface area contributed by atoms with E-state index in [0.29, 0.717) is 50.5 Å². The molecule has 2 aromatic rings. The Labute approximate surface area is 168 Å². The number of ether oxygens (including phenoxy) is 2. The van der Waals surface area contributed by atoms with Gasteiger partial charge in [-0.1, -0.05) is 60.7 Å². The highest BCUT2D eigenvalue weighted by atomic mass is 16.5. The maximum Gasteiger partial charge on any atom is 0.0720 e. The standard InChI is InChI=1S/2C12H16O2/c2*13-8-11-6-12(7-11)14-9-10-4-2-1-3-5-10/h2*1-5,11-13H,6-9H2. The predicted molar refractivity (Wildman–Crippen MR) is 110 cm³/mol. The second-order valence-corrected chi connectivity index (χ2v) is 7.88. The Morgan fingerprint density at radius 1 is 0.607 bits per heavy atom. The molecule has 0 amide bonds. The number of hydrogen-bond acceptors (Lipinski definition) is 4. The summed E-state index contributed by atoms with van der Waals surface area (Å²) in [5.74, 6) is 0.964. The lowest BCUT2D eigenvalue weighted by Gasteiger charge is -2.33. The van der Waals surface area contributed by atoms with E-state index >= 15 is 0 Å². The Morgan fingerprint density at radius 2 is 0.964 bits per heavy atom. The molecule has 4 nitrogen and oxygen atoms in total. The van der Waals surface area contributed by atoms with Crippen LogP contribution in [-0.4, -0.2) is 35.6 Å². The molecule has 0 saturated heterocycles. The van der Waals surface area contributed by atoms with Crippen LogP contribution in [0.1, 0.15) is 36.8 Å². The van der Waals surface area contributed by atoms with Gasteiger partial charge in [-0.3, -0.25) is 0 Å². The van der Waals surface area contributed by atoms with Crippen molar-refractivity contribution in [1.29, 1.82) is 0 Å². The van der Waals surface area contributed by atoms with E-state index in [9.17, 15) is 0 Å². The van der Waals surface area contributed by atoms with Crippen molar-refractivity contribution in [1.82, 2.24) is 0 Å². The third-order valence-corrected chi connectivity index (χ3v) is 5.56. The van der Waals surface area contributed by atoms with E-state index in [1.807, 2.05) is 36.4 Å². The predicted octanol–water partition coefficient (Wildman–Crippen LogP) is 3.95. The maximum atomic E-state index is 8.83. The lowest BCUT2D eigenvalue weighted by Crippen LogP contribution is -2.33. The van der Waals surface area contributed by atoms with Crippen LogP contribution in [0.2, 0.25) is 0 Å². The zero-order chi connectivity index (χ0) is 19.6. The van der Waals surface area contributed by atoms with Gasteiger partial charge >= 0.3 is 0 Å². The molecule has 2 aliphatic carbocycles. The van der Waals surface area contributed by atoms with Crippen LogP contribution in [0.4, 0.5) is 0 Å². The molecule has 0 unspecified atom stereocenters. The second kappa shape index (κ2) is 11.3. The van der Waals surface area contributed by atoms with Crippen molar-refractivity contribution >= 4 is 0 Å². The average Bonchev–Trinajstić information content (AvgIpc) is 2.68. The average molecular weight is 385 g/mol. The molecule has 2 saturated carbocycles. The molecule has 0 radical (unpaired) electrons. The highest BCUT2D eigenvalue weighted by Crippen LogP contribution is 2.30. The van der Waals surface area contributed by atoms with E-state index in [4.69, 9.17) is 19.7 Å². The second-order valence-electron chi connectivity index (χ2n) is 7.88. The van der Waals surface area contributed by atoms with Crippen molar-refractivity contribution in [3.8, 4) is 0 Å². The lowest BCUT2D eigenvalue weighted by atomic mass is 9.83. The van der Waals surface area contributed by atoms with E-state index < -0.39 is 0 Å². The summed E-state index contributed by atoms with van der Waals surface area (Å²) in [6.45, 7) is 2.02. The Bertz CT molecular complexity index is 589. The topological polar surface area (TPSA) is 58.9 Å². The van der Waals surface area contributed by atoms with Gasteiger partial charge in [0.1, 0.15) is 0 Å². The molecule has 0 heterocycles. The first kappa shape index (κ1) is 21.0. The van der Waals surface area contributed by atoms with Crippen LogP contribution in [0.25, 0.3) is 0 Å². The molecular weight excluding hydrogens is 352 g/mol. The van der Waals surface area contributed by atoms with Crippen LogP contribution in [0.3, 0.4) is 0 Å². The summed E-state index contributed by atoms with van der Waals surface area (Å²) < 4.78 is 11.4. The Balaban J connectivity index is 0.000000161. The smallest absolute Gasteiger partial charge is 0.0720 e. The molecule has 0 atom stereocenters. The monoisotopic (exact) mass is 384 g/mol. The van der Waals surface area contributed by atoms with Crippen molar-refractivity contribution in [3.63, 3.8) is 0 Å². The van der Waals surface area contributed by atoms with Crippen molar-refractivity contribution in [3.05, 3.63) is 71.8 Å². The van der Waals surface area contributed by atoms with E-state index in [0.717, 1.165) is 25.7 Å². The fourth-order valence-corrected chi connectivity index (χ4v) is 3.50. The molecule has 4 rings (SSSR count). The lowest BCUT2D eigenvalue weighted by molar-refractivity contribution is -0.0533. The van der Waals surface area contributed by atoms with E-state index in [1.54, 1.807) is 0 Å². The summed E-state index contributed by atoms with van der Waals surface area (Å²) in [6.07, 6.45) is 4.80. The van der Waals surface area contributed by atoms with Gasteiger partial charge in [-0.2, -0.15) is 0 Å². The van der Waals surface area contributed by atoms with E-state index in [2.05, 4.69) is 24.3 Å². The molecule has 0 spiro atoms. The molecule has 0 bridgehead atoms. The van der Waals surface area contributed by atoms with E-state index in [1.165, 1.54) is 11.1 Å². The van der Waals surface area contributed by atoms with Crippen LogP contribution >= 0.6 is 0 Å². The Hall–Kier alpha value is -1.72. The van der Waals surface area contributed by atoms with Crippen LogP contribution in [0.15, 0.2) is 60.7 Å². The van der Waals surface area contributed by atoms with Crippen LogP contribution in [-0.2, 0) is 22.7 Å². The van der Waals surface area contributed by atoms with Crippen LogP contribution in [0, 0.1) is 11.8 Å². The summed E-state index contributed by atoms with van der Waals surface area (Å²) >= 11 is 0. The molecule has 28 heavy (non-hydrogen) atoms. The molecule has 4 heteroatoms. The Morgan fingerprint density at radius 3 is 1.29 bits per heavy atom. The van der Waals surface area contributed by atoms with Gasteiger partial charge in [0.2, 0.25) is 0 Å². The molecule has 152 valence electrons. The van der Waals surface area contributed by atoms with Gasteiger partial charge in [0.25, 0.3) is 0 Å². The van der Waals surface area contributed by atoms with Gasteiger partial charge < -0.3 is 19.7 Å². The summed E-state index contributed by atoms with van der Waals surface area (Å²) in [4.78, 5) is 0. The molecule has 0 aromatic heterocycles. The van der Waals surface area contributed by atoms with Gasteiger partial charge in [0, 0.05) is 13.2 Å². The molecule has 2 N–H and O–H groups in total. The number of rotatable bonds is 8. The van der Waals surface area contributed by atoms with Gasteiger partial charge in [-0.25, -0.2) is 0 Å². The Kier molecular flexibility index (Phi) is 8.49. The number of aliphatic hydroxyl groups is 2. The number of hydrogen-bond donors (Lipinski definition) is 2. The fraction of sp³-hybridized carbons (Fsp3) is 0.500. The summed E-state index contributed by atoms with van der Waals surface area (Å²) in [5, 5.41) is 17.7. The first-order valence-corrected chi connectivity index (χ1v) is 10.3. The zero-order valence-corrected chi connectivity index (χ0v) is 16.5. The minimum Gasteiger partial charge on any atom is -0.396 e. The summed E-state index contributed by atoms with van der Waals surface area (Å²) in [7, 11) is 0. The van der Waals surface area contributed by atoms with Gasteiger partial charge in [0.05, 0.1) is 25.4 Å². The van der Waals surface area contributed by atoms with Crippen LogP contribution in [0.5, 0.6) is 0 Å². The summed E-state index contributed by atoms with van der Waals surface area (Å²) in [6, 6.07) is 20.4. The molecule has 0 aliphatic heterocycles. The molecular formula is C24H32O4. The van der Waals surface area contributed by atoms with Gasteiger partial charge in [-0.15, -0.1) is 0 Å². The van der Waals surface area contributed by atoms with E-state index in [-0.39, 0.29) is 0 Å². The fourth-order valence-electron chi connectivity index (χ4n) is 3.50. The first-order chi connectivity index (χ1) is 13.8. The quantitative estimate of drug-likeness (QED) is 0.724. The highest BCUT2D eigenvalue weighted by Gasteiger charge is 2.29. The van der Waals surface area contributed by atoms with Crippen molar-refractivity contribution < 1.29 is 19.7 Å². The SMILES string of the molecule is OCC1CC(OCc2ccccc2)C1.OCC1CC(OCc2ccccc2)C1. The largest absolute Gasteiger partial charge is 0.396 e.